The maximum atomic E-state index is 6.32. The molecule has 5 nitrogen and oxygen atoms in total. The highest BCUT2D eigenvalue weighted by Gasteiger charge is 2.66. The van der Waals surface area contributed by atoms with E-state index in [4.69, 9.17) is 9.47 Å². The van der Waals surface area contributed by atoms with Crippen molar-refractivity contribution in [3.8, 4) is 0 Å². The highest BCUT2D eigenvalue weighted by Crippen LogP contribution is 2.75. The third kappa shape index (κ3) is 5.02. The number of fused-ring (bicyclic) bond motifs is 5. The highest BCUT2D eigenvalue weighted by atomic mass is 16.5. The van der Waals surface area contributed by atoms with E-state index in [-0.39, 0.29) is 16.2 Å². The quantitative estimate of drug-likeness (QED) is 0.106. The molecule has 0 amide bonds. The van der Waals surface area contributed by atoms with E-state index < -0.39 is 0 Å². The van der Waals surface area contributed by atoms with Crippen molar-refractivity contribution in [2.24, 2.45) is 11.8 Å². The maximum absolute atomic E-state index is 6.32. The summed E-state index contributed by atoms with van der Waals surface area (Å²) in [7, 11) is 6.76. The van der Waals surface area contributed by atoms with Crippen LogP contribution in [0.2, 0.25) is 0 Å². The highest BCUT2D eigenvalue weighted by molar-refractivity contribution is 6.62. The van der Waals surface area contributed by atoms with E-state index in [0.717, 1.165) is 77.7 Å². The van der Waals surface area contributed by atoms with E-state index in [1.807, 2.05) is 5.57 Å². The number of likely N-dealkylation sites (N-methyl/N-ethyl adjacent to an activating group) is 2. The van der Waals surface area contributed by atoms with Crippen LogP contribution in [0, 0.1) is 11.8 Å². The van der Waals surface area contributed by atoms with Crippen LogP contribution in [-0.2, 0) is 103 Å². The van der Waals surface area contributed by atoms with Gasteiger partial charge in [0.05, 0.1) is 25.9 Å². The van der Waals surface area contributed by atoms with E-state index in [2.05, 4.69) is 126 Å². The molecule has 3 heterocycles. The molecule has 18 aliphatic rings. The number of benzene rings is 17. The van der Waals surface area contributed by atoms with Crippen LogP contribution >= 0.6 is 0 Å². The number of hydrogen-bond acceptors (Lipinski definition) is 5. The van der Waals surface area contributed by atoms with Crippen molar-refractivity contribution in [2.45, 2.75) is 130 Å². The van der Waals surface area contributed by atoms with Gasteiger partial charge >= 0.3 is 0 Å². The van der Waals surface area contributed by atoms with E-state index in [1.54, 1.807) is 349 Å². The predicted octanol–water partition coefficient (Wildman–Crippen LogP) is 18.0. The van der Waals surface area contributed by atoms with Crippen LogP contribution in [-0.4, -0.2) is 81.9 Å². The molecule has 3 spiro atoms. The summed E-state index contributed by atoms with van der Waals surface area (Å²) in [5, 5.41) is 69.6. The van der Waals surface area contributed by atoms with Crippen LogP contribution in [0.1, 0.15) is 143 Å². The second kappa shape index (κ2) is 16.9. The summed E-state index contributed by atoms with van der Waals surface area (Å²) in [4.78, 5) is 8.56. The maximum Gasteiger partial charge on any atom is 0.0700 e. The number of methoxy groups -OCH3 is 1. The summed E-state index contributed by atoms with van der Waals surface area (Å²) in [6, 6.07) is 40.6. The summed E-state index contributed by atoms with van der Waals surface area (Å²) in [6.07, 6.45) is 19.3. The Labute approximate surface area is 684 Å². The first-order valence-electron chi connectivity index (χ1n) is 46.4. The van der Waals surface area contributed by atoms with E-state index >= 15 is 0 Å². The van der Waals surface area contributed by atoms with Gasteiger partial charge in [0.25, 0.3) is 0 Å². The number of ether oxygens (including phenoxy) is 2. The van der Waals surface area contributed by atoms with Gasteiger partial charge in [-0.25, -0.2) is 0 Å². The van der Waals surface area contributed by atoms with Crippen LogP contribution in [0.5, 0.6) is 0 Å². The van der Waals surface area contributed by atoms with Gasteiger partial charge in [-0.3, -0.25) is 14.7 Å². The van der Waals surface area contributed by atoms with Crippen molar-refractivity contribution >= 4 is 228 Å². The lowest BCUT2D eigenvalue weighted by molar-refractivity contribution is 0.0524. The van der Waals surface area contributed by atoms with Crippen molar-refractivity contribution in [3.05, 3.63) is 228 Å². The number of hydrogen-bond donors (Lipinski definition) is 0. The van der Waals surface area contributed by atoms with Gasteiger partial charge < -0.3 is 9.47 Å². The van der Waals surface area contributed by atoms with Gasteiger partial charge in [0, 0.05) is 79.4 Å². The average Bonchev–Trinajstić information content (AvgIpc) is 1.43. The molecule has 0 aromatic heterocycles. The summed E-state index contributed by atoms with van der Waals surface area (Å²) >= 11 is 0. The topological polar surface area (TPSA) is 28.2 Å². The Bertz CT molecular complexity index is 9860. The molecule has 3 fully saturated rings. The molecule has 9 atom stereocenters. The lowest BCUT2D eigenvalue weighted by Gasteiger charge is -2.43. The normalized spacial score (nSPS) is 27.4. The molecule has 9 unspecified atom stereocenters. The first kappa shape index (κ1) is 58.2. The summed E-state index contributed by atoms with van der Waals surface area (Å²) in [6.45, 7) is 6.37. The predicted molar refractivity (Wildman–Crippen MR) is 488 cm³/mol. The minimum atomic E-state index is -0.0138. The minimum Gasteiger partial charge on any atom is -0.382 e. The number of aryl methyl sites for hydroxylation is 6. The fourth-order valence-electron chi connectivity index (χ4n) is 37.0. The Balaban J connectivity index is 0.000000103. The smallest absolute Gasteiger partial charge is 0.0700 e. The molecule has 23 aromatic rings. The van der Waals surface area contributed by atoms with Gasteiger partial charge in [0.1, 0.15) is 0 Å². The van der Waals surface area contributed by atoms with Crippen molar-refractivity contribution in [1.82, 2.24) is 14.7 Å². The molecular formula is C115H73N3O2. The summed E-state index contributed by atoms with van der Waals surface area (Å²) in [5.74, 6) is 1.48. The molecule has 560 valence electrons. The van der Waals surface area contributed by atoms with Gasteiger partial charge in [-0.15, -0.1) is 0 Å². The molecule has 0 N–H and O–H groups in total. The molecule has 0 radical (unpaired) electrons. The number of nitrogens with zero attached hydrogens (tertiary/aromatic N) is 3. The van der Waals surface area contributed by atoms with Gasteiger partial charge in [0.15, 0.2) is 0 Å². The summed E-state index contributed by atoms with van der Waals surface area (Å²) < 4.78 is 11.7. The van der Waals surface area contributed by atoms with Gasteiger partial charge in [-0.05, 0) is 440 Å². The number of rotatable bonds is 9. The Hall–Kier alpha value is -10.9. The van der Waals surface area contributed by atoms with Gasteiger partial charge in [0.2, 0.25) is 0 Å². The third-order valence-corrected chi connectivity index (χ3v) is 40.0. The Morgan fingerprint density at radius 3 is 1.50 bits per heavy atom. The molecule has 23 aromatic carbocycles. The fourth-order valence-corrected chi connectivity index (χ4v) is 37.0. The van der Waals surface area contributed by atoms with Crippen LogP contribution in [0.25, 0.3) is 228 Å². The van der Waals surface area contributed by atoms with Crippen molar-refractivity contribution < 1.29 is 9.47 Å². The molecule has 5 heteroatoms. The molecule has 41 rings (SSSR count). The third-order valence-electron chi connectivity index (χ3n) is 40.0. The van der Waals surface area contributed by atoms with E-state index in [9.17, 15) is 0 Å². The largest absolute Gasteiger partial charge is 0.382 e. The SMILES string of the molecule is CN1CC23Cc4cc5cc6c7c8c9c%10c%11c%12c%13c(cc(c%14c%15c2c4c2c5c7c4c9c%11c(c%13%14)c%15c24)=C3C1c1ccc2c(c1)CC2)CC=%12CC=%10C1CN(C)C(c2ccc3c(c2)CC3)C81C6.COCCOCCN1CC2C3=c4c5c6c7c(cc8cc9c%10c%11c%12c%13c(cc%14c%15c(c4c4c5c5c7c8c%10c5c%12c4c%15%13)=C(C3)C%14)=CC%11C9)CC62C1c1ccc2c(c1)CC2. The fraction of sp³-hybridized carbons (Fsp3) is 0.287. The Morgan fingerprint density at radius 2 is 0.875 bits per heavy atom. The monoisotopic (exact) mass is 1530 g/mol. The minimum absolute atomic E-state index is 0.0119. The van der Waals surface area contributed by atoms with Crippen LogP contribution in [0.4, 0.5) is 0 Å². The zero-order valence-electron chi connectivity index (χ0n) is 67.2. The zero-order chi connectivity index (χ0) is 75.4. The lowest BCUT2D eigenvalue weighted by Crippen LogP contribution is -2.44. The van der Waals surface area contributed by atoms with Crippen LogP contribution in [0.3, 0.4) is 0 Å². The first-order chi connectivity index (χ1) is 59.2. The molecule has 0 saturated carbocycles. The van der Waals surface area contributed by atoms with Gasteiger partial charge in [-0.1, -0.05) is 119 Å². The molecule has 0 bridgehead atoms. The Kier molecular flexibility index (Phi) is 8.18. The molecule has 15 aliphatic carbocycles. The average molecular weight is 1530 g/mol. The van der Waals surface area contributed by atoms with Crippen molar-refractivity contribution in [2.75, 3.05) is 67.2 Å². The second-order valence-electron chi connectivity index (χ2n) is 43.5. The zero-order valence-corrected chi connectivity index (χ0v) is 67.2. The number of likely N-dealkylation sites (tertiary alicyclic amines) is 3. The van der Waals surface area contributed by atoms with E-state index in [0.29, 0.717) is 49.1 Å². The lowest BCUT2D eigenvalue weighted by atomic mass is 9.60. The van der Waals surface area contributed by atoms with E-state index in [1.165, 1.54) is 55.9 Å². The van der Waals surface area contributed by atoms with Crippen LogP contribution in [0.15, 0.2) is 91.0 Å². The molecule has 3 aliphatic heterocycles. The summed E-state index contributed by atoms with van der Waals surface area (Å²) in [5.41, 5.74) is 39.9. The van der Waals surface area contributed by atoms with Crippen LogP contribution < -0.4 is 31.3 Å². The van der Waals surface area contributed by atoms with Crippen molar-refractivity contribution in [1.29, 1.82) is 0 Å². The molecule has 3 saturated heterocycles. The standard InChI is InChI=1S/C61H38N2.C54H35NO2/c1-62-20-35-33-16-29-13-30-17-34-42-46-37(30)36(29)45-41(33)54-52-48-44-38-28(15-32-19-61(35,57(54)40(32)44)59(62)27-10-6-23-4-8-25(23)12-27)14-31-18-60(56-39(31)43(38)47(48)51(53(42)56)50(46)49(45)52)21-63(2)58(55(34)60)26-9-5-22-3-7-24(22)11-26;1-56-8-9-57-7-6-55-19-31-30-17-28-15-25-13-26-12-23-11-24-14-27-16-29-18-54(31,53(55)22-5-3-20-2-4-21(20)10-22)52-38(29)43-37(27)42-33(24)32(23)40-36(26)41-34(25)35(28)44-39(30)51(52)50-48(43)46(42)45(40)47(41)49(44)50/h5-6,9-12,14-15,17,35,58-59H,3-4,7-8,13,16,18-21H2,1-2H3;3,5,10,12-14,16,23,31,53H,2,4,6-9,11,15,17-19H2,1H3. The van der Waals surface area contributed by atoms with Crippen molar-refractivity contribution in [3.63, 3.8) is 0 Å². The van der Waals surface area contributed by atoms with Gasteiger partial charge in [-0.2, -0.15) is 0 Å². The molecule has 120 heavy (non-hydrogen) atoms. The molecular weight excluding hydrogens is 1460 g/mol. The first-order valence-corrected chi connectivity index (χ1v) is 46.4. The second-order valence-corrected chi connectivity index (χ2v) is 43.5. The Morgan fingerprint density at radius 1 is 0.367 bits per heavy atom.